The maximum Gasteiger partial charge on any atom is 0.317 e. The number of urea groups is 1. The van der Waals surface area contributed by atoms with E-state index in [1.807, 2.05) is 35.2 Å². The van der Waals surface area contributed by atoms with Gasteiger partial charge in [-0.05, 0) is 62.1 Å². The molecule has 2 aromatic rings. The Morgan fingerprint density at radius 3 is 2.32 bits per heavy atom. The van der Waals surface area contributed by atoms with Gasteiger partial charge in [-0.15, -0.1) is 0 Å². The van der Waals surface area contributed by atoms with Crippen molar-refractivity contribution in [3.8, 4) is 5.75 Å². The fraction of sp³-hybridized carbons (Fsp3) is 0.483. The maximum atomic E-state index is 13.9. The lowest BCUT2D eigenvalue weighted by Crippen LogP contribution is -2.59. The van der Waals surface area contributed by atoms with Crippen LogP contribution < -0.4 is 20.3 Å². The van der Waals surface area contributed by atoms with Crippen LogP contribution in [0.5, 0.6) is 5.75 Å². The lowest BCUT2D eigenvalue weighted by atomic mass is 9.85. The smallest absolute Gasteiger partial charge is 0.317 e. The van der Waals surface area contributed by atoms with Crippen molar-refractivity contribution >= 4 is 29.2 Å². The Hall–Kier alpha value is -3.75. The summed E-state index contributed by atoms with van der Waals surface area (Å²) in [5.74, 6) is 0.397. The van der Waals surface area contributed by atoms with Crippen LogP contribution in [0.3, 0.4) is 0 Å². The first kappa shape index (κ1) is 25.9. The SMILES string of the molecule is COc1ccc(NC(=O)CN2CN(c3ccccc3)C3(CCN(C(=O)NC4CCCCC4)CC3)C2=O)cc1. The summed E-state index contributed by atoms with van der Waals surface area (Å²) in [6.07, 6.45) is 6.69. The van der Waals surface area contributed by atoms with Crippen molar-refractivity contribution < 1.29 is 19.1 Å². The number of nitrogens with one attached hydrogen (secondary N) is 2. The molecule has 9 nitrogen and oxygen atoms in total. The molecule has 0 bridgehead atoms. The topological polar surface area (TPSA) is 94.2 Å². The van der Waals surface area contributed by atoms with Gasteiger partial charge < -0.3 is 30.1 Å². The standard InChI is InChI=1S/C29H37N5O4/c1-38-25-14-12-23(13-15-25)30-26(35)20-33-21-34(24-10-6-3-7-11-24)29(27(33)36)16-18-32(19-17-29)28(37)31-22-8-4-2-5-9-22/h3,6-7,10-15,22H,2,4-5,8-9,16-21H2,1H3,(H,30,35)(H,31,37). The van der Waals surface area contributed by atoms with E-state index in [2.05, 4.69) is 15.5 Å². The molecule has 9 heteroatoms. The van der Waals surface area contributed by atoms with Gasteiger partial charge in [-0.25, -0.2) is 4.79 Å². The molecule has 2 saturated heterocycles. The number of anilines is 2. The third-order valence-corrected chi connectivity index (χ3v) is 8.10. The summed E-state index contributed by atoms with van der Waals surface area (Å²) in [6.45, 7) is 1.29. The summed E-state index contributed by atoms with van der Waals surface area (Å²) in [5.41, 5.74) is 0.817. The third-order valence-electron chi connectivity index (χ3n) is 8.10. The first-order chi connectivity index (χ1) is 18.5. The molecule has 4 amide bonds. The van der Waals surface area contributed by atoms with E-state index in [-0.39, 0.29) is 30.4 Å². The summed E-state index contributed by atoms with van der Waals surface area (Å²) in [4.78, 5) is 45.4. The van der Waals surface area contributed by atoms with Crippen LogP contribution in [0.4, 0.5) is 16.2 Å². The Kier molecular flexibility index (Phi) is 7.72. The third kappa shape index (κ3) is 5.42. The number of nitrogens with zero attached hydrogens (tertiary/aromatic N) is 3. The minimum atomic E-state index is -0.774. The number of benzene rings is 2. The Labute approximate surface area is 224 Å². The van der Waals surface area contributed by atoms with Gasteiger partial charge in [0.15, 0.2) is 0 Å². The van der Waals surface area contributed by atoms with Gasteiger partial charge >= 0.3 is 6.03 Å². The van der Waals surface area contributed by atoms with E-state index < -0.39 is 5.54 Å². The van der Waals surface area contributed by atoms with E-state index in [0.717, 1.165) is 31.4 Å². The maximum absolute atomic E-state index is 13.9. The molecule has 1 saturated carbocycles. The Bertz CT molecular complexity index is 1130. The van der Waals surface area contributed by atoms with Gasteiger partial charge in [-0.2, -0.15) is 0 Å². The van der Waals surface area contributed by atoms with Crippen LogP contribution in [0, 0.1) is 0 Å². The van der Waals surface area contributed by atoms with E-state index in [1.165, 1.54) is 6.42 Å². The van der Waals surface area contributed by atoms with Crippen molar-refractivity contribution in [2.45, 2.75) is 56.5 Å². The molecule has 2 N–H and O–H groups in total. The van der Waals surface area contributed by atoms with E-state index in [0.29, 0.717) is 44.0 Å². The van der Waals surface area contributed by atoms with Gasteiger partial charge in [0, 0.05) is 30.5 Å². The highest BCUT2D eigenvalue weighted by atomic mass is 16.5. The first-order valence-corrected chi connectivity index (χ1v) is 13.6. The van der Waals surface area contributed by atoms with Crippen molar-refractivity contribution in [1.82, 2.24) is 15.1 Å². The Balaban J connectivity index is 1.27. The second-order valence-corrected chi connectivity index (χ2v) is 10.5. The zero-order chi connectivity index (χ0) is 26.5. The number of hydrogen-bond donors (Lipinski definition) is 2. The van der Waals surface area contributed by atoms with E-state index in [9.17, 15) is 14.4 Å². The molecule has 3 aliphatic rings. The second kappa shape index (κ2) is 11.3. The molecule has 2 aliphatic heterocycles. The lowest BCUT2D eigenvalue weighted by Gasteiger charge is -2.43. The van der Waals surface area contributed by atoms with Crippen molar-refractivity contribution in [3.05, 3.63) is 54.6 Å². The van der Waals surface area contributed by atoms with E-state index in [4.69, 9.17) is 4.74 Å². The van der Waals surface area contributed by atoms with Crippen LogP contribution in [0.15, 0.2) is 54.6 Å². The summed E-state index contributed by atoms with van der Waals surface area (Å²) in [7, 11) is 1.59. The number of hydrogen-bond acceptors (Lipinski definition) is 5. The first-order valence-electron chi connectivity index (χ1n) is 13.6. The molecule has 0 unspecified atom stereocenters. The van der Waals surface area contributed by atoms with Crippen molar-refractivity contribution in [2.75, 3.05) is 43.6 Å². The molecule has 0 atom stereocenters. The minimum Gasteiger partial charge on any atom is -0.497 e. The molecule has 3 fully saturated rings. The van der Waals surface area contributed by atoms with Crippen LogP contribution in [0.2, 0.25) is 0 Å². The minimum absolute atomic E-state index is 0.0285. The predicted octanol–water partition coefficient (Wildman–Crippen LogP) is 3.82. The number of carbonyl (C=O) groups excluding carboxylic acids is 3. The molecule has 0 radical (unpaired) electrons. The Morgan fingerprint density at radius 2 is 1.66 bits per heavy atom. The van der Waals surface area contributed by atoms with Crippen molar-refractivity contribution in [1.29, 1.82) is 0 Å². The van der Waals surface area contributed by atoms with Gasteiger partial charge in [0.05, 0.1) is 13.8 Å². The number of para-hydroxylation sites is 1. The molecule has 0 aromatic heterocycles. The van der Waals surface area contributed by atoms with Gasteiger partial charge in [0.1, 0.15) is 17.8 Å². The van der Waals surface area contributed by atoms with Gasteiger partial charge in [0.25, 0.3) is 5.91 Å². The quantitative estimate of drug-likeness (QED) is 0.605. The summed E-state index contributed by atoms with van der Waals surface area (Å²) < 4.78 is 5.17. The highest BCUT2D eigenvalue weighted by Crippen LogP contribution is 2.39. The van der Waals surface area contributed by atoms with E-state index >= 15 is 0 Å². The summed E-state index contributed by atoms with van der Waals surface area (Å²) in [6, 6.07) is 17.2. The highest BCUT2D eigenvalue weighted by Gasteiger charge is 2.54. The molecular weight excluding hydrogens is 482 g/mol. The molecule has 2 aromatic carbocycles. The summed E-state index contributed by atoms with van der Waals surface area (Å²) >= 11 is 0. The number of likely N-dealkylation sites (tertiary alicyclic amines) is 1. The predicted molar refractivity (Wildman–Crippen MR) is 146 cm³/mol. The highest BCUT2D eigenvalue weighted by molar-refractivity contribution is 5.99. The number of rotatable bonds is 6. The Morgan fingerprint density at radius 1 is 0.974 bits per heavy atom. The average molecular weight is 520 g/mol. The molecule has 1 spiro atoms. The molecule has 2 heterocycles. The van der Waals surface area contributed by atoms with Crippen LogP contribution in [-0.4, -0.2) is 72.6 Å². The van der Waals surface area contributed by atoms with E-state index in [1.54, 1.807) is 36.3 Å². The molecule has 202 valence electrons. The number of amides is 4. The molecule has 1 aliphatic carbocycles. The zero-order valence-electron chi connectivity index (χ0n) is 22.0. The number of piperidine rings is 1. The second-order valence-electron chi connectivity index (χ2n) is 10.5. The number of ether oxygens (including phenoxy) is 1. The lowest BCUT2D eigenvalue weighted by molar-refractivity contribution is -0.136. The molecule has 5 rings (SSSR count). The van der Waals surface area contributed by atoms with Crippen LogP contribution in [0.1, 0.15) is 44.9 Å². The average Bonchev–Trinajstić information content (AvgIpc) is 3.21. The summed E-state index contributed by atoms with van der Waals surface area (Å²) in [5, 5.41) is 6.08. The van der Waals surface area contributed by atoms with Crippen LogP contribution in [0.25, 0.3) is 0 Å². The zero-order valence-corrected chi connectivity index (χ0v) is 22.0. The van der Waals surface area contributed by atoms with Gasteiger partial charge in [-0.1, -0.05) is 37.5 Å². The molecule has 38 heavy (non-hydrogen) atoms. The van der Waals surface area contributed by atoms with Crippen molar-refractivity contribution in [3.63, 3.8) is 0 Å². The molecular formula is C29H37N5O4. The van der Waals surface area contributed by atoms with Gasteiger partial charge in [-0.3, -0.25) is 9.59 Å². The normalized spacial score (nSPS) is 19.5. The number of methoxy groups -OCH3 is 1. The number of carbonyl (C=O) groups is 3. The van der Waals surface area contributed by atoms with Crippen molar-refractivity contribution in [2.24, 2.45) is 0 Å². The van der Waals surface area contributed by atoms with Gasteiger partial charge in [0.2, 0.25) is 5.91 Å². The largest absolute Gasteiger partial charge is 0.497 e. The monoisotopic (exact) mass is 519 g/mol. The van der Waals surface area contributed by atoms with Crippen LogP contribution in [-0.2, 0) is 9.59 Å². The van der Waals surface area contributed by atoms with Crippen LogP contribution >= 0.6 is 0 Å². The fourth-order valence-electron chi connectivity index (χ4n) is 5.96. The fourth-order valence-corrected chi connectivity index (χ4v) is 5.96.